The summed E-state index contributed by atoms with van der Waals surface area (Å²) < 4.78 is 1.58. The van der Waals surface area contributed by atoms with E-state index < -0.39 is 11.9 Å². The van der Waals surface area contributed by atoms with Crippen LogP contribution < -0.4 is 22.1 Å². The minimum Gasteiger partial charge on any atom is -0.368 e. The second-order valence-corrected chi connectivity index (χ2v) is 11.5. The molecule has 0 saturated heterocycles. The minimum atomic E-state index is -0.901. The van der Waals surface area contributed by atoms with Crippen molar-refractivity contribution in [2.75, 3.05) is 11.4 Å². The van der Waals surface area contributed by atoms with Crippen LogP contribution in [0.1, 0.15) is 31.2 Å². The number of amides is 2. The second-order valence-electron chi connectivity index (χ2n) is 11.5. The van der Waals surface area contributed by atoms with Crippen molar-refractivity contribution in [2.24, 2.45) is 30.4 Å². The summed E-state index contributed by atoms with van der Waals surface area (Å²) in [4.78, 5) is 43.6. The van der Waals surface area contributed by atoms with Crippen molar-refractivity contribution in [2.45, 2.75) is 38.1 Å². The number of tetrazole rings is 1. The summed E-state index contributed by atoms with van der Waals surface area (Å²) >= 11 is 0. The Morgan fingerprint density at radius 2 is 1.66 bits per heavy atom. The highest BCUT2D eigenvalue weighted by Crippen LogP contribution is 2.33. The number of hydrogen-bond donors (Lipinski definition) is 4. The van der Waals surface area contributed by atoms with Gasteiger partial charge < -0.3 is 16.5 Å². The van der Waals surface area contributed by atoms with Gasteiger partial charge in [0.05, 0.1) is 11.0 Å². The highest BCUT2D eigenvalue weighted by Gasteiger charge is 2.36. The van der Waals surface area contributed by atoms with E-state index in [0.29, 0.717) is 24.0 Å². The number of carbonyl (C=O) groups excluding carboxylic acids is 2. The number of anilines is 1. The maximum atomic E-state index is 14.1. The van der Waals surface area contributed by atoms with Gasteiger partial charge >= 0.3 is 5.69 Å². The molecule has 3 aromatic carbocycles. The third-order valence-corrected chi connectivity index (χ3v) is 8.78. The lowest BCUT2D eigenvalue weighted by atomic mass is 9.81. The van der Waals surface area contributed by atoms with Gasteiger partial charge in [-0.3, -0.25) is 19.1 Å². The fraction of sp³-hybridized carbons (Fsp3) is 0.312. The molecule has 1 aliphatic carbocycles. The average Bonchev–Trinajstić information content (AvgIpc) is 3.69. The Labute approximate surface area is 253 Å². The van der Waals surface area contributed by atoms with Crippen LogP contribution >= 0.6 is 0 Å². The van der Waals surface area contributed by atoms with Gasteiger partial charge in [0.15, 0.2) is 0 Å². The van der Waals surface area contributed by atoms with Crippen molar-refractivity contribution in [1.82, 2.24) is 30.2 Å². The summed E-state index contributed by atoms with van der Waals surface area (Å²) in [5, 5.41) is 14.1. The number of rotatable bonds is 9. The molecule has 2 amide bonds. The van der Waals surface area contributed by atoms with Gasteiger partial charge in [-0.15, -0.1) is 10.2 Å². The van der Waals surface area contributed by atoms with Gasteiger partial charge in [-0.1, -0.05) is 30.3 Å². The van der Waals surface area contributed by atoms with Crippen LogP contribution in [0.4, 0.5) is 5.69 Å². The van der Waals surface area contributed by atoms with Crippen molar-refractivity contribution >= 4 is 28.5 Å². The quantitative estimate of drug-likeness (QED) is 0.203. The summed E-state index contributed by atoms with van der Waals surface area (Å²) in [5.74, 6) is -0.0787. The van der Waals surface area contributed by atoms with E-state index in [0.717, 1.165) is 59.0 Å². The molecule has 1 fully saturated rings. The molecule has 1 saturated carbocycles. The Balaban J connectivity index is 1.29. The fourth-order valence-corrected chi connectivity index (χ4v) is 6.14. The van der Waals surface area contributed by atoms with Crippen LogP contribution in [0.3, 0.4) is 0 Å². The largest absolute Gasteiger partial charge is 0.368 e. The molecule has 12 nitrogen and oxygen atoms in total. The first-order valence-electron chi connectivity index (χ1n) is 14.8. The van der Waals surface area contributed by atoms with Gasteiger partial charge in [0.2, 0.25) is 17.6 Å². The SMILES string of the molecule is Cn1c(=O)[nH]c2ccc(-c3ccc(C[C@@H](C(N)=O)N(C(=O)C4CCC(CN)CC4)c4ccc(-c5nn[nH]n5)cc4)cc3)cc21. The average molecular weight is 594 g/mol. The van der Waals surface area contributed by atoms with Crippen molar-refractivity contribution in [3.63, 3.8) is 0 Å². The highest BCUT2D eigenvalue weighted by molar-refractivity contribution is 6.01. The summed E-state index contributed by atoms with van der Waals surface area (Å²) in [7, 11) is 1.73. The van der Waals surface area contributed by atoms with E-state index in [2.05, 4.69) is 25.6 Å². The molecule has 226 valence electrons. The van der Waals surface area contributed by atoms with E-state index >= 15 is 0 Å². The minimum absolute atomic E-state index is 0.112. The first kappa shape index (κ1) is 29.0. The molecule has 0 spiro atoms. The molecule has 5 aromatic rings. The zero-order chi connectivity index (χ0) is 30.8. The molecule has 1 atom stereocenters. The molecule has 0 aliphatic heterocycles. The van der Waals surface area contributed by atoms with Crippen LogP contribution in [0.2, 0.25) is 0 Å². The number of nitrogens with one attached hydrogen (secondary N) is 2. The van der Waals surface area contributed by atoms with E-state index in [1.165, 1.54) is 0 Å². The number of carbonyl (C=O) groups is 2. The number of fused-ring (bicyclic) bond motifs is 1. The van der Waals surface area contributed by atoms with Gasteiger partial charge in [0.25, 0.3) is 0 Å². The lowest BCUT2D eigenvalue weighted by molar-refractivity contribution is -0.127. The molecule has 0 bridgehead atoms. The molecular formula is C32H35N9O3. The third-order valence-electron chi connectivity index (χ3n) is 8.78. The van der Waals surface area contributed by atoms with Crippen LogP contribution in [0.5, 0.6) is 0 Å². The normalized spacial score (nSPS) is 17.4. The van der Waals surface area contributed by atoms with E-state index in [1.807, 2.05) is 42.5 Å². The lowest BCUT2D eigenvalue weighted by Crippen LogP contribution is -2.52. The van der Waals surface area contributed by atoms with Gasteiger partial charge in [-0.2, -0.15) is 5.21 Å². The van der Waals surface area contributed by atoms with Crippen LogP contribution in [0, 0.1) is 11.8 Å². The number of benzene rings is 3. The van der Waals surface area contributed by atoms with Crippen LogP contribution in [-0.2, 0) is 23.1 Å². The predicted octanol–water partition coefficient (Wildman–Crippen LogP) is 2.91. The highest BCUT2D eigenvalue weighted by atomic mass is 16.2. The summed E-state index contributed by atoms with van der Waals surface area (Å²) in [6, 6.07) is 19.9. The summed E-state index contributed by atoms with van der Waals surface area (Å²) in [5.41, 5.74) is 17.4. The number of aromatic nitrogens is 6. The Bertz CT molecular complexity index is 1820. The Hall–Kier alpha value is -5.10. The Morgan fingerprint density at radius 3 is 2.30 bits per heavy atom. The number of H-pyrrole nitrogens is 2. The Kier molecular flexibility index (Phi) is 8.07. The summed E-state index contributed by atoms with van der Waals surface area (Å²) in [6.07, 6.45) is 3.44. The van der Waals surface area contributed by atoms with Gasteiger partial charge in [0.1, 0.15) is 6.04 Å². The molecule has 6 N–H and O–H groups in total. The molecule has 0 unspecified atom stereocenters. The molecule has 2 aromatic heterocycles. The topological polar surface area (TPSA) is 182 Å². The van der Waals surface area contributed by atoms with E-state index in [4.69, 9.17) is 11.5 Å². The number of nitrogens with two attached hydrogens (primary N) is 2. The van der Waals surface area contributed by atoms with E-state index in [-0.39, 0.29) is 23.9 Å². The Morgan fingerprint density at radius 1 is 0.977 bits per heavy atom. The first-order chi connectivity index (χ1) is 21.3. The van der Waals surface area contributed by atoms with Crippen LogP contribution in [0.25, 0.3) is 33.5 Å². The predicted molar refractivity (Wildman–Crippen MR) is 167 cm³/mol. The standard InChI is InChI=1S/C32H35N9O3/c1-40-27-17-24(12-15-26(27)35-32(40)44)21-6-2-19(3-7-21)16-28(29(34)42)41(31(43)23-8-4-20(18-33)5-9-23)25-13-10-22(11-14-25)30-36-38-39-37-30/h2-3,6-7,10-15,17,20,23,28H,4-5,8-9,16,18,33H2,1H3,(H2,34,42)(H,35,44)(H,36,37,38,39)/t20?,23?,28-/m0/s1. The van der Waals surface area contributed by atoms with Crippen LogP contribution in [0.15, 0.2) is 71.5 Å². The van der Waals surface area contributed by atoms with Gasteiger partial charge in [-0.05, 0) is 96.4 Å². The third kappa shape index (κ3) is 5.76. The summed E-state index contributed by atoms with van der Waals surface area (Å²) in [6.45, 7) is 0.610. The number of imidazole rings is 1. The number of aryl methyl sites for hydroxylation is 1. The van der Waals surface area contributed by atoms with Crippen molar-refractivity contribution in [1.29, 1.82) is 0 Å². The molecule has 2 heterocycles. The molecule has 1 aliphatic rings. The molecule has 44 heavy (non-hydrogen) atoms. The second kappa shape index (κ2) is 12.3. The smallest absolute Gasteiger partial charge is 0.326 e. The number of hydrogen-bond acceptors (Lipinski definition) is 7. The van der Waals surface area contributed by atoms with Crippen LogP contribution in [-0.4, -0.2) is 54.6 Å². The zero-order valence-corrected chi connectivity index (χ0v) is 24.4. The van der Waals surface area contributed by atoms with Crippen molar-refractivity contribution in [3.05, 3.63) is 82.8 Å². The van der Waals surface area contributed by atoms with E-state index in [1.54, 1.807) is 40.8 Å². The van der Waals surface area contributed by atoms with Crippen molar-refractivity contribution in [3.8, 4) is 22.5 Å². The molecular weight excluding hydrogens is 558 g/mol. The van der Waals surface area contributed by atoms with Crippen molar-refractivity contribution < 1.29 is 9.59 Å². The number of primary amides is 1. The van der Waals surface area contributed by atoms with Gasteiger partial charge in [-0.25, -0.2) is 4.79 Å². The fourth-order valence-electron chi connectivity index (χ4n) is 6.14. The molecule has 12 heteroatoms. The maximum absolute atomic E-state index is 14.1. The molecule has 0 radical (unpaired) electrons. The maximum Gasteiger partial charge on any atom is 0.326 e. The number of aromatic amines is 2. The monoisotopic (exact) mass is 593 g/mol. The zero-order valence-electron chi connectivity index (χ0n) is 24.4. The van der Waals surface area contributed by atoms with Gasteiger partial charge in [0, 0.05) is 30.6 Å². The first-order valence-corrected chi connectivity index (χ1v) is 14.8. The molecule has 6 rings (SSSR count). The lowest BCUT2D eigenvalue weighted by Gasteiger charge is -2.35. The van der Waals surface area contributed by atoms with E-state index in [9.17, 15) is 14.4 Å². The number of nitrogens with zero attached hydrogens (tertiary/aromatic N) is 5.